The van der Waals surface area contributed by atoms with Crippen LogP contribution in [0.4, 0.5) is 0 Å². The van der Waals surface area contributed by atoms with Crippen molar-refractivity contribution in [3.8, 4) is 0 Å². The first kappa shape index (κ1) is 10.2. The average molecular weight is 204 g/mol. The topological polar surface area (TPSA) is 27.1 Å². The van der Waals surface area contributed by atoms with E-state index in [4.69, 9.17) is 4.74 Å². The van der Waals surface area contributed by atoms with Gasteiger partial charge in [-0.05, 0) is 26.0 Å². The summed E-state index contributed by atoms with van der Waals surface area (Å²) < 4.78 is 7.31. The fraction of sp³-hybridized carbons (Fsp3) is 0.417. The van der Waals surface area contributed by atoms with Crippen LogP contribution in [0.5, 0.6) is 0 Å². The van der Waals surface area contributed by atoms with Crippen LogP contribution in [0, 0.1) is 6.92 Å². The molecule has 0 amide bonds. The Balaban J connectivity index is 2.21. The minimum absolute atomic E-state index is 0.723. The summed E-state index contributed by atoms with van der Waals surface area (Å²) in [5.41, 5.74) is 2.45. The van der Waals surface area contributed by atoms with E-state index < -0.39 is 0 Å². The van der Waals surface area contributed by atoms with Crippen LogP contribution in [0.3, 0.4) is 0 Å². The van der Waals surface area contributed by atoms with Crippen LogP contribution >= 0.6 is 0 Å². The molecular weight excluding hydrogens is 188 g/mol. The van der Waals surface area contributed by atoms with E-state index in [9.17, 15) is 0 Å². The summed E-state index contributed by atoms with van der Waals surface area (Å²) in [5.74, 6) is 0. The summed E-state index contributed by atoms with van der Waals surface area (Å²) in [7, 11) is 0. The molecule has 0 bridgehead atoms. The standard InChI is InChI=1S/C12H16N2O/c1-3-15-7-6-14-12-5-4-10(2)8-11(12)9-13-14/h4-5,8-9H,3,6-7H2,1-2H3. The van der Waals surface area contributed by atoms with E-state index >= 15 is 0 Å². The highest BCUT2D eigenvalue weighted by atomic mass is 16.5. The number of aryl methyl sites for hydroxylation is 1. The van der Waals surface area contributed by atoms with Crippen molar-refractivity contribution in [3.05, 3.63) is 30.0 Å². The predicted octanol–water partition coefficient (Wildman–Crippen LogP) is 2.38. The number of hydrogen-bond acceptors (Lipinski definition) is 2. The number of fused-ring (bicyclic) bond motifs is 1. The molecule has 3 heteroatoms. The van der Waals surface area contributed by atoms with E-state index in [2.05, 4.69) is 30.2 Å². The quantitative estimate of drug-likeness (QED) is 0.715. The highest BCUT2D eigenvalue weighted by molar-refractivity contribution is 5.79. The SMILES string of the molecule is CCOCCn1ncc2cc(C)ccc21. The Kier molecular flexibility index (Phi) is 3.02. The Morgan fingerprint density at radius 1 is 1.40 bits per heavy atom. The fourth-order valence-electron chi connectivity index (χ4n) is 1.68. The molecule has 0 saturated heterocycles. The number of benzene rings is 1. The van der Waals surface area contributed by atoms with Crippen molar-refractivity contribution in [2.45, 2.75) is 20.4 Å². The lowest BCUT2D eigenvalue weighted by Crippen LogP contribution is -2.06. The van der Waals surface area contributed by atoms with Crippen LogP contribution in [0.2, 0.25) is 0 Å². The molecule has 0 saturated carbocycles. The van der Waals surface area contributed by atoms with Gasteiger partial charge < -0.3 is 4.74 Å². The summed E-state index contributed by atoms with van der Waals surface area (Å²) in [6, 6.07) is 6.38. The zero-order valence-electron chi connectivity index (χ0n) is 9.23. The van der Waals surface area contributed by atoms with E-state index in [0.717, 1.165) is 19.8 Å². The van der Waals surface area contributed by atoms with Gasteiger partial charge in [-0.1, -0.05) is 11.6 Å². The van der Waals surface area contributed by atoms with E-state index in [-0.39, 0.29) is 0 Å². The Hall–Kier alpha value is -1.35. The molecule has 0 atom stereocenters. The molecule has 0 radical (unpaired) electrons. The molecule has 0 fully saturated rings. The second-order valence-electron chi connectivity index (χ2n) is 3.63. The van der Waals surface area contributed by atoms with Crippen molar-refractivity contribution >= 4 is 10.9 Å². The molecule has 2 rings (SSSR count). The van der Waals surface area contributed by atoms with Gasteiger partial charge in [0.25, 0.3) is 0 Å². The summed E-state index contributed by atoms with van der Waals surface area (Å²) >= 11 is 0. The predicted molar refractivity (Wildman–Crippen MR) is 61.0 cm³/mol. The minimum Gasteiger partial charge on any atom is -0.380 e. The Morgan fingerprint density at radius 2 is 2.27 bits per heavy atom. The van der Waals surface area contributed by atoms with Crippen LogP contribution in [-0.4, -0.2) is 23.0 Å². The first-order valence-corrected chi connectivity index (χ1v) is 5.31. The van der Waals surface area contributed by atoms with Crippen molar-refractivity contribution in [2.75, 3.05) is 13.2 Å². The Bertz CT molecular complexity index is 448. The normalized spacial score (nSPS) is 11.1. The zero-order chi connectivity index (χ0) is 10.7. The third-order valence-corrected chi connectivity index (χ3v) is 2.45. The van der Waals surface area contributed by atoms with Gasteiger partial charge in [-0.2, -0.15) is 5.10 Å². The second-order valence-corrected chi connectivity index (χ2v) is 3.63. The van der Waals surface area contributed by atoms with Crippen molar-refractivity contribution in [1.82, 2.24) is 9.78 Å². The molecule has 1 aromatic carbocycles. The lowest BCUT2D eigenvalue weighted by molar-refractivity contribution is 0.137. The smallest absolute Gasteiger partial charge is 0.0683 e. The van der Waals surface area contributed by atoms with Crippen molar-refractivity contribution in [1.29, 1.82) is 0 Å². The average Bonchev–Trinajstić information content (AvgIpc) is 2.61. The monoisotopic (exact) mass is 204 g/mol. The molecule has 0 aliphatic heterocycles. The van der Waals surface area contributed by atoms with Crippen LogP contribution in [0.15, 0.2) is 24.4 Å². The van der Waals surface area contributed by atoms with E-state index in [1.54, 1.807) is 0 Å². The Morgan fingerprint density at radius 3 is 3.07 bits per heavy atom. The van der Waals surface area contributed by atoms with Gasteiger partial charge in [-0.3, -0.25) is 4.68 Å². The third-order valence-electron chi connectivity index (χ3n) is 2.45. The first-order chi connectivity index (χ1) is 7.31. The molecular formula is C12H16N2O. The molecule has 3 nitrogen and oxygen atoms in total. The zero-order valence-corrected chi connectivity index (χ0v) is 9.23. The second kappa shape index (κ2) is 4.45. The van der Waals surface area contributed by atoms with Gasteiger partial charge in [-0.25, -0.2) is 0 Å². The maximum Gasteiger partial charge on any atom is 0.0683 e. The Labute approximate surface area is 89.7 Å². The van der Waals surface area contributed by atoms with Gasteiger partial charge in [0.05, 0.1) is 24.9 Å². The molecule has 1 heterocycles. The number of aromatic nitrogens is 2. The van der Waals surface area contributed by atoms with Gasteiger partial charge in [0, 0.05) is 12.0 Å². The molecule has 80 valence electrons. The van der Waals surface area contributed by atoms with E-state index in [0.29, 0.717) is 0 Å². The molecule has 0 N–H and O–H groups in total. The molecule has 1 aromatic heterocycles. The van der Waals surface area contributed by atoms with Crippen molar-refractivity contribution in [3.63, 3.8) is 0 Å². The summed E-state index contributed by atoms with van der Waals surface area (Å²) in [6.07, 6.45) is 1.91. The number of rotatable bonds is 4. The van der Waals surface area contributed by atoms with Crippen LogP contribution in [0.25, 0.3) is 10.9 Å². The van der Waals surface area contributed by atoms with Gasteiger partial charge in [0.1, 0.15) is 0 Å². The maximum absolute atomic E-state index is 5.32. The third kappa shape index (κ3) is 2.18. The summed E-state index contributed by atoms with van der Waals surface area (Å²) in [5, 5.41) is 5.55. The lowest BCUT2D eigenvalue weighted by Gasteiger charge is -2.03. The highest BCUT2D eigenvalue weighted by Crippen LogP contribution is 2.14. The lowest BCUT2D eigenvalue weighted by atomic mass is 10.2. The molecule has 0 aliphatic rings. The summed E-state index contributed by atoms with van der Waals surface area (Å²) in [4.78, 5) is 0. The van der Waals surface area contributed by atoms with Gasteiger partial charge >= 0.3 is 0 Å². The number of ether oxygens (including phenoxy) is 1. The molecule has 0 spiro atoms. The summed E-state index contributed by atoms with van der Waals surface area (Å²) in [6.45, 7) is 6.40. The molecule has 2 aromatic rings. The molecule has 0 aliphatic carbocycles. The fourth-order valence-corrected chi connectivity index (χ4v) is 1.68. The highest BCUT2D eigenvalue weighted by Gasteiger charge is 2.01. The number of nitrogens with zero attached hydrogens (tertiary/aromatic N) is 2. The minimum atomic E-state index is 0.723. The molecule has 15 heavy (non-hydrogen) atoms. The van der Waals surface area contributed by atoms with Crippen molar-refractivity contribution in [2.24, 2.45) is 0 Å². The largest absolute Gasteiger partial charge is 0.380 e. The van der Waals surface area contributed by atoms with Gasteiger partial charge in [0.2, 0.25) is 0 Å². The van der Waals surface area contributed by atoms with Crippen LogP contribution in [0.1, 0.15) is 12.5 Å². The van der Waals surface area contributed by atoms with Crippen LogP contribution < -0.4 is 0 Å². The number of hydrogen-bond donors (Lipinski definition) is 0. The van der Waals surface area contributed by atoms with Crippen molar-refractivity contribution < 1.29 is 4.74 Å². The van der Waals surface area contributed by atoms with Gasteiger partial charge in [-0.15, -0.1) is 0 Å². The van der Waals surface area contributed by atoms with E-state index in [1.165, 1.54) is 16.5 Å². The molecule has 0 unspecified atom stereocenters. The van der Waals surface area contributed by atoms with Gasteiger partial charge in [0.15, 0.2) is 0 Å². The van der Waals surface area contributed by atoms with Crippen LogP contribution in [-0.2, 0) is 11.3 Å². The van der Waals surface area contributed by atoms with E-state index in [1.807, 2.05) is 17.8 Å². The first-order valence-electron chi connectivity index (χ1n) is 5.31. The maximum atomic E-state index is 5.32.